The van der Waals surface area contributed by atoms with Crippen LogP contribution >= 0.6 is 0 Å². The van der Waals surface area contributed by atoms with Crippen LogP contribution in [0.5, 0.6) is 5.75 Å². The van der Waals surface area contributed by atoms with Gasteiger partial charge < -0.3 is 29.3 Å². The lowest BCUT2D eigenvalue weighted by Crippen LogP contribution is -2.45. The van der Waals surface area contributed by atoms with Crippen molar-refractivity contribution in [1.82, 2.24) is 14.6 Å². The predicted octanol–water partition coefficient (Wildman–Crippen LogP) is 7.38. The van der Waals surface area contributed by atoms with Crippen LogP contribution in [0.1, 0.15) is 122 Å². The first kappa shape index (κ1) is 38.2. The molecule has 3 aliphatic rings. The van der Waals surface area contributed by atoms with Crippen molar-refractivity contribution < 1.29 is 29.2 Å². The van der Waals surface area contributed by atoms with Crippen molar-refractivity contribution in [3.05, 3.63) is 52.3 Å². The summed E-state index contributed by atoms with van der Waals surface area (Å²) in [4.78, 5) is 18.8. The molecular weight excluding hydrogens is 596 g/mol. The lowest BCUT2D eigenvalue weighted by Gasteiger charge is -2.41. The number of aryl methyl sites for hydroxylation is 2. The van der Waals surface area contributed by atoms with E-state index in [2.05, 4.69) is 43.9 Å². The lowest BCUT2D eigenvalue weighted by molar-refractivity contribution is -0.136. The summed E-state index contributed by atoms with van der Waals surface area (Å²) in [5.41, 5.74) is 4.30. The molecule has 0 aliphatic carbocycles. The summed E-state index contributed by atoms with van der Waals surface area (Å²) in [6.45, 7) is 22.1. The van der Waals surface area contributed by atoms with Gasteiger partial charge >= 0.3 is 5.97 Å². The van der Waals surface area contributed by atoms with Crippen LogP contribution in [0.3, 0.4) is 0 Å². The molecule has 2 N–H and O–H groups in total. The van der Waals surface area contributed by atoms with E-state index in [-0.39, 0.29) is 24.2 Å². The molecule has 0 amide bonds. The molecule has 1 aromatic carbocycles. The monoisotopic (exact) mass is 654 g/mol. The Labute approximate surface area is 281 Å². The molecular formula is C37H58N4O6. The highest BCUT2D eigenvalue weighted by Gasteiger charge is 2.33. The second-order valence-electron chi connectivity index (χ2n) is 13.9. The van der Waals surface area contributed by atoms with Gasteiger partial charge in [0.25, 0.3) is 0 Å². The Balaban J connectivity index is 0.000000784. The van der Waals surface area contributed by atoms with E-state index in [1.54, 1.807) is 25.3 Å². The largest absolute Gasteiger partial charge is 0.490 e. The number of carbonyl (C=O) groups is 1. The number of carboxylic acid groups (broad SMARTS) is 1. The Bertz CT molecular complexity index is 1450. The van der Waals surface area contributed by atoms with E-state index in [1.165, 1.54) is 0 Å². The Morgan fingerprint density at radius 1 is 1.09 bits per heavy atom. The highest BCUT2D eigenvalue weighted by atomic mass is 16.5. The van der Waals surface area contributed by atoms with Gasteiger partial charge in [-0.1, -0.05) is 26.0 Å². The number of hydrogen-bond donors (Lipinski definition) is 2. The molecule has 6 rings (SSSR count). The minimum absolute atomic E-state index is 0.0864. The number of nitrogens with zero attached hydrogens (tertiary/aromatic N) is 4. The van der Waals surface area contributed by atoms with Crippen LogP contribution in [-0.4, -0.2) is 67.8 Å². The summed E-state index contributed by atoms with van der Waals surface area (Å²) in [5, 5.41) is 23.1. The topological polar surface area (TPSA) is 119 Å². The van der Waals surface area contributed by atoms with E-state index in [1.807, 2.05) is 33.8 Å². The SMILES string of the molecule is CC.CC(C)(C)O.Cc1ccc2c(c1)OC(C)CCCCOC1(C)CCN(CC1)c1c(CC(=O)O)c(C)nc3cc(nn13)CO[C@@H]2C. The Kier molecular flexibility index (Phi) is 13.6. The molecule has 3 aliphatic heterocycles. The highest BCUT2D eigenvalue weighted by molar-refractivity contribution is 5.74. The third-order valence-corrected chi connectivity index (χ3v) is 8.25. The van der Waals surface area contributed by atoms with Crippen LogP contribution in [0.25, 0.3) is 5.65 Å². The molecule has 10 heteroatoms. The average Bonchev–Trinajstić information content (AvgIpc) is 3.38. The number of aliphatic hydroxyl groups is 1. The normalized spacial score (nSPS) is 22.3. The van der Waals surface area contributed by atoms with Crippen molar-refractivity contribution >= 4 is 17.4 Å². The molecule has 3 aromatic rings. The molecule has 262 valence electrons. The summed E-state index contributed by atoms with van der Waals surface area (Å²) in [7, 11) is 0. The number of ether oxygens (including phenoxy) is 3. The summed E-state index contributed by atoms with van der Waals surface area (Å²) in [6, 6.07) is 8.18. The third kappa shape index (κ3) is 11.2. The molecule has 0 spiro atoms. The lowest BCUT2D eigenvalue weighted by atomic mass is 9.92. The molecule has 5 heterocycles. The molecule has 2 atom stereocenters. The number of rotatable bonds is 2. The first-order chi connectivity index (χ1) is 22.1. The number of benzene rings is 1. The second kappa shape index (κ2) is 16.8. The maximum Gasteiger partial charge on any atom is 0.308 e. The highest BCUT2D eigenvalue weighted by Crippen LogP contribution is 2.34. The van der Waals surface area contributed by atoms with E-state index in [0.29, 0.717) is 23.5 Å². The number of carboxylic acids is 1. The van der Waals surface area contributed by atoms with E-state index in [4.69, 9.17) is 29.4 Å². The van der Waals surface area contributed by atoms with E-state index in [0.717, 1.165) is 80.2 Å². The molecule has 47 heavy (non-hydrogen) atoms. The van der Waals surface area contributed by atoms with Gasteiger partial charge in [0, 0.05) is 42.6 Å². The number of fused-ring (bicyclic) bond motifs is 10. The fourth-order valence-electron chi connectivity index (χ4n) is 5.78. The first-order valence-corrected chi connectivity index (χ1v) is 17.2. The standard InChI is InChI=1S/C31H42N4O5.C4H10O.C2H6/c1-20-9-10-25-23(4)38-19-24-17-28-32-22(3)26(18-29(36)37)30(35(28)33-24)34-13-11-31(5,12-14-34)39-15-7-6-8-21(2)40-27(25)16-20;1-4(2,3)5;1-2/h9-10,16-17,21,23H,6-8,11-15,18-19H2,1-5H3,(H,36,37);5H,1-3H3;1-2H3/t21?,23-;;/m1../s1. The fourth-order valence-corrected chi connectivity index (χ4v) is 5.78. The maximum absolute atomic E-state index is 11.8. The Hall–Kier alpha value is -3.21. The van der Waals surface area contributed by atoms with Gasteiger partial charge in [-0.2, -0.15) is 9.61 Å². The molecule has 2 aromatic heterocycles. The number of anilines is 1. The van der Waals surface area contributed by atoms with Crippen molar-refractivity contribution in [2.24, 2.45) is 0 Å². The van der Waals surface area contributed by atoms with E-state index >= 15 is 0 Å². The molecule has 1 unspecified atom stereocenters. The van der Waals surface area contributed by atoms with Crippen LogP contribution < -0.4 is 9.64 Å². The molecule has 4 bridgehead atoms. The van der Waals surface area contributed by atoms with E-state index < -0.39 is 11.6 Å². The summed E-state index contributed by atoms with van der Waals surface area (Å²) in [6.07, 6.45) is 4.45. The van der Waals surface area contributed by atoms with Gasteiger partial charge in [-0.15, -0.1) is 0 Å². The zero-order valence-corrected chi connectivity index (χ0v) is 30.4. The van der Waals surface area contributed by atoms with E-state index in [9.17, 15) is 9.90 Å². The number of hydrogen-bond acceptors (Lipinski definition) is 8. The minimum Gasteiger partial charge on any atom is -0.490 e. The van der Waals surface area contributed by atoms with Crippen molar-refractivity contribution in [2.75, 3.05) is 24.6 Å². The van der Waals surface area contributed by atoms with Gasteiger partial charge in [-0.05, 0) is 99.1 Å². The quantitative estimate of drug-likeness (QED) is 0.292. The smallest absolute Gasteiger partial charge is 0.308 e. The summed E-state index contributed by atoms with van der Waals surface area (Å²) in [5.74, 6) is 0.784. The van der Waals surface area contributed by atoms with Crippen LogP contribution in [0, 0.1) is 13.8 Å². The summed E-state index contributed by atoms with van der Waals surface area (Å²) >= 11 is 0. The van der Waals surface area contributed by atoms with Crippen LogP contribution in [0.15, 0.2) is 24.3 Å². The van der Waals surface area contributed by atoms with Gasteiger partial charge in [-0.25, -0.2) is 4.98 Å². The van der Waals surface area contributed by atoms with Gasteiger partial charge in [0.2, 0.25) is 0 Å². The number of aromatic nitrogens is 3. The Morgan fingerprint density at radius 3 is 2.38 bits per heavy atom. The van der Waals surface area contributed by atoms with Crippen LogP contribution in [-0.2, 0) is 27.3 Å². The third-order valence-electron chi connectivity index (χ3n) is 8.25. The molecule has 1 fully saturated rings. The molecule has 10 nitrogen and oxygen atoms in total. The van der Waals surface area contributed by atoms with Gasteiger partial charge in [-0.3, -0.25) is 4.79 Å². The van der Waals surface area contributed by atoms with Crippen molar-refractivity contribution in [2.45, 2.75) is 138 Å². The van der Waals surface area contributed by atoms with Gasteiger partial charge in [0.05, 0.1) is 42.1 Å². The average molecular weight is 655 g/mol. The van der Waals surface area contributed by atoms with Gasteiger partial charge in [0.1, 0.15) is 11.6 Å². The van der Waals surface area contributed by atoms with Crippen molar-refractivity contribution in [3.63, 3.8) is 0 Å². The molecule has 0 saturated carbocycles. The predicted molar refractivity (Wildman–Crippen MR) is 187 cm³/mol. The zero-order chi connectivity index (χ0) is 34.9. The van der Waals surface area contributed by atoms with Crippen molar-refractivity contribution in [1.29, 1.82) is 0 Å². The number of piperidine rings is 1. The molecule has 1 saturated heterocycles. The summed E-state index contributed by atoms with van der Waals surface area (Å²) < 4.78 is 21.0. The minimum atomic E-state index is -0.882. The molecule has 0 radical (unpaired) electrons. The number of aliphatic carboxylic acids is 1. The first-order valence-electron chi connectivity index (χ1n) is 17.2. The fraction of sp³-hybridized carbons (Fsp3) is 0.649. The van der Waals surface area contributed by atoms with Crippen LogP contribution in [0.2, 0.25) is 0 Å². The second-order valence-corrected chi connectivity index (χ2v) is 13.9. The van der Waals surface area contributed by atoms with Crippen LogP contribution in [0.4, 0.5) is 5.82 Å². The Morgan fingerprint density at radius 2 is 1.74 bits per heavy atom. The maximum atomic E-state index is 11.8. The zero-order valence-electron chi connectivity index (χ0n) is 30.4. The van der Waals surface area contributed by atoms with Crippen molar-refractivity contribution in [3.8, 4) is 5.75 Å². The van der Waals surface area contributed by atoms with Gasteiger partial charge in [0.15, 0.2) is 5.65 Å².